The first kappa shape index (κ1) is 10.1. The smallest absolute Gasteiger partial charge is 0.122 e. The van der Waals surface area contributed by atoms with Gasteiger partial charge in [0.2, 0.25) is 0 Å². The van der Waals surface area contributed by atoms with Crippen molar-refractivity contribution in [3.8, 4) is 5.75 Å². The van der Waals surface area contributed by atoms with Crippen LogP contribution in [-0.2, 0) is 6.42 Å². The molecular weight excluding hydrogens is 164 g/mol. The lowest BCUT2D eigenvalue weighted by atomic mass is 10.1. The lowest BCUT2D eigenvalue weighted by Crippen LogP contribution is -1.97. The highest BCUT2D eigenvalue weighted by atomic mass is 16.5. The molecule has 0 amide bonds. The number of para-hydroxylation sites is 1. The van der Waals surface area contributed by atoms with Crippen LogP contribution in [0.5, 0.6) is 5.75 Å². The number of aliphatic hydroxyl groups excluding tert-OH is 1. The van der Waals surface area contributed by atoms with E-state index in [2.05, 4.69) is 0 Å². The van der Waals surface area contributed by atoms with Gasteiger partial charge in [0, 0.05) is 6.61 Å². The van der Waals surface area contributed by atoms with Gasteiger partial charge in [0.05, 0.1) is 6.61 Å². The van der Waals surface area contributed by atoms with Crippen LogP contribution in [-0.4, -0.2) is 18.3 Å². The summed E-state index contributed by atoms with van der Waals surface area (Å²) in [7, 11) is 0. The third kappa shape index (κ3) is 3.07. The van der Waals surface area contributed by atoms with Crippen molar-refractivity contribution in [3.63, 3.8) is 0 Å². The summed E-state index contributed by atoms with van der Waals surface area (Å²) in [5.41, 5.74) is 1.18. The Morgan fingerprint density at radius 2 is 2.08 bits per heavy atom. The number of aliphatic hydroxyl groups is 1. The summed E-state index contributed by atoms with van der Waals surface area (Å²) in [6.45, 7) is 2.90. The molecule has 0 aromatic heterocycles. The highest BCUT2D eigenvalue weighted by Gasteiger charge is 2.00. The lowest BCUT2D eigenvalue weighted by molar-refractivity contribution is 0.286. The summed E-state index contributed by atoms with van der Waals surface area (Å²) in [6, 6.07) is 7.97. The van der Waals surface area contributed by atoms with Crippen molar-refractivity contribution in [2.24, 2.45) is 0 Å². The molecule has 0 heterocycles. The molecule has 0 saturated heterocycles. The summed E-state index contributed by atoms with van der Waals surface area (Å²) in [4.78, 5) is 0. The summed E-state index contributed by atoms with van der Waals surface area (Å²) in [6.07, 6.45) is 1.68. The molecule has 0 aliphatic carbocycles. The summed E-state index contributed by atoms with van der Waals surface area (Å²) in [5, 5.41) is 8.71. The molecule has 72 valence electrons. The van der Waals surface area contributed by atoms with Gasteiger partial charge in [-0.25, -0.2) is 0 Å². The molecule has 0 saturated carbocycles. The molecule has 2 heteroatoms. The molecule has 0 spiro atoms. The molecule has 2 nitrogen and oxygen atoms in total. The third-order valence-electron chi connectivity index (χ3n) is 1.88. The van der Waals surface area contributed by atoms with Gasteiger partial charge in [-0.2, -0.15) is 0 Å². The van der Waals surface area contributed by atoms with E-state index in [1.165, 1.54) is 5.56 Å². The van der Waals surface area contributed by atoms with Crippen LogP contribution in [0.1, 0.15) is 18.9 Å². The Balaban J connectivity index is 2.66. The van der Waals surface area contributed by atoms with Gasteiger partial charge in [0.15, 0.2) is 0 Å². The SMILES string of the molecule is CCOc1ccccc1CCCO. The molecule has 0 bridgehead atoms. The number of benzene rings is 1. The molecule has 0 unspecified atom stereocenters. The van der Waals surface area contributed by atoms with E-state index < -0.39 is 0 Å². The van der Waals surface area contributed by atoms with Crippen LogP contribution in [0, 0.1) is 0 Å². The zero-order valence-electron chi connectivity index (χ0n) is 7.99. The molecule has 13 heavy (non-hydrogen) atoms. The maximum Gasteiger partial charge on any atom is 0.122 e. The van der Waals surface area contributed by atoms with Crippen LogP contribution in [0.4, 0.5) is 0 Å². The highest BCUT2D eigenvalue weighted by Crippen LogP contribution is 2.19. The number of hydrogen-bond donors (Lipinski definition) is 1. The predicted octanol–water partition coefficient (Wildman–Crippen LogP) is 2.01. The number of hydrogen-bond acceptors (Lipinski definition) is 2. The van der Waals surface area contributed by atoms with Crippen LogP contribution in [0.15, 0.2) is 24.3 Å². The van der Waals surface area contributed by atoms with E-state index in [4.69, 9.17) is 9.84 Å². The fourth-order valence-electron chi connectivity index (χ4n) is 1.28. The molecule has 1 aromatic carbocycles. The van der Waals surface area contributed by atoms with Crippen molar-refractivity contribution in [1.82, 2.24) is 0 Å². The second kappa shape index (κ2) is 5.60. The van der Waals surface area contributed by atoms with E-state index in [9.17, 15) is 0 Å². The molecule has 0 radical (unpaired) electrons. The zero-order chi connectivity index (χ0) is 9.52. The first-order valence-electron chi connectivity index (χ1n) is 4.70. The van der Waals surface area contributed by atoms with E-state index in [0.29, 0.717) is 6.61 Å². The van der Waals surface area contributed by atoms with Gasteiger partial charge in [0.25, 0.3) is 0 Å². The fourth-order valence-corrected chi connectivity index (χ4v) is 1.28. The fraction of sp³-hybridized carbons (Fsp3) is 0.455. The number of rotatable bonds is 5. The maximum atomic E-state index is 8.71. The zero-order valence-corrected chi connectivity index (χ0v) is 7.99. The number of aryl methyl sites for hydroxylation is 1. The van der Waals surface area contributed by atoms with E-state index >= 15 is 0 Å². The normalized spacial score (nSPS) is 10.0. The molecule has 0 atom stereocenters. The maximum absolute atomic E-state index is 8.71. The van der Waals surface area contributed by atoms with Gasteiger partial charge >= 0.3 is 0 Å². The van der Waals surface area contributed by atoms with Gasteiger partial charge in [-0.15, -0.1) is 0 Å². The van der Waals surface area contributed by atoms with Crippen LogP contribution < -0.4 is 4.74 Å². The van der Waals surface area contributed by atoms with Crippen molar-refractivity contribution in [2.45, 2.75) is 19.8 Å². The van der Waals surface area contributed by atoms with E-state index in [0.717, 1.165) is 18.6 Å². The number of ether oxygens (including phenoxy) is 1. The minimum absolute atomic E-state index is 0.237. The topological polar surface area (TPSA) is 29.5 Å². The Morgan fingerprint density at radius 3 is 2.77 bits per heavy atom. The molecule has 0 aliphatic heterocycles. The standard InChI is InChI=1S/C11H16O2/c1-2-13-11-8-4-3-6-10(11)7-5-9-12/h3-4,6,8,12H,2,5,7,9H2,1H3. The molecule has 0 aliphatic rings. The monoisotopic (exact) mass is 180 g/mol. The average Bonchev–Trinajstić information content (AvgIpc) is 2.17. The minimum Gasteiger partial charge on any atom is -0.494 e. The van der Waals surface area contributed by atoms with Crippen LogP contribution in [0.25, 0.3) is 0 Å². The van der Waals surface area contributed by atoms with E-state index in [-0.39, 0.29) is 6.61 Å². The second-order valence-electron chi connectivity index (χ2n) is 2.87. The van der Waals surface area contributed by atoms with Gasteiger partial charge in [-0.3, -0.25) is 0 Å². The summed E-state index contributed by atoms with van der Waals surface area (Å²) < 4.78 is 5.45. The van der Waals surface area contributed by atoms with Crippen LogP contribution >= 0.6 is 0 Å². The molecule has 0 fully saturated rings. The van der Waals surface area contributed by atoms with Crippen molar-refractivity contribution < 1.29 is 9.84 Å². The Kier molecular flexibility index (Phi) is 4.33. The van der Waals surface area contributed by atoms with Crippen LogP contribution in [0.3, 0.4) is 0 Å². The third-order valence-corrected chi connectivity index (χ3v) is 1.88. The van der Waals surface area contributed by atoms with Gasteiger partial charge < -0.3 is 9.84 Å². The van der Waals surface area contributed by atoms with Gasteiger partial charge in [-0.05, 0) is 31.4 Å². The average molecular weight is 180 g/mol. The predicted molar refractivity (Wildman–Crippen MR) is 53.0 cm³/mol. The van der Waals surface area contributed by atoms with E-state index in [1.54, 1.807) is 0 Å². The minimum atomic E-state index is 0.237. The molecule has 1 rings (SSSR count). The Morgan fingerprint density at radius 1 is 1.31 bits per heavy atom. The quantitative estimate of drug-likeness (QED) is 0.751. The van der Waals surface area contributed by atoms with Crippen molar-refractivity contribution in [2.75, 3.05) is 13.2 Å². The lowest BCUT2D eigenvalue weighted by Gasteiger charge is -2.08. The van der Waals surface area contributed by atoms with Crippen molar-refractivity contribution >= 4 is 0 Å². The van der Waals surface area contributed by atoms with Gasteiger partial charge in [-0.1, -0.05) is 18.2 Å². The van der Waals surface area contributed by atoms with E-state index in [1.807, 2.05) is 31.2 Å². The largest absolute Gasteiger partial charge is 0.494 e. The first-order chi connectivity index (χ1) is 6.38. The second-order valence-corrected chi connectivity index (χ2v) is 2.87. The first-order valence-corrected chi connectivity index (χ1v) is 4.70. The van der Waals surface area contributed by atoms with Crippen molar-refractivity contribution in [3.05, 3.63) is 29.8 Å². The Bertz CT molecular complexity index is 246. The molecule has 1 aromatic rings. The Hall–Kier alpha value is -1.02. The summed E-state index contributed by atoms with van der Waals surface area (Å²) >= 11 is 0. The van der Waals surface area contributed by atoms with Crippen molar-refractivity contribution in [1.29, 1.82) is 0 Å². The van der Waals surface area contributed by atoms with Gasteiger partial charge in [0.1, 0.15) is 5.75 Å². The molecular formula is C11H16O2. The molecule has 1 N–H and O–H groups in total. The highest BCUT2D eigenvalue weighted by molar-refractivity contribution is 5.33. The summed E-state index contributed by atoms with van der Waals surface area (Å²) in [5.74, 6) is 0.943. The van der Waals surface area contributed by atoms with Crippen LogP contribution in [0.2, 0.25) is 0 Å². The Labute approximate surface area is 79.2 Å².